The molecule has 8 heteroatoms. The molecule has 0 unspecified atom stereocenters. The molecule has 0 aliphatic rings. The van der Waals surface area contributed by atoms with Crippen molar-refractivity contribution in [1.29, 1.82) is 0 Å². The minimum atomic E-state index is -0.405. The van der Waals surface area contributed by atoms with Gasteiger partial charge in [0.25, 0.3) is 5.91 Å². The molecule has 3 rings (SSSR count). The first-order chi connectivity index (χ1) is 10.6. The van der Waals surface area contributed by atoms with Crippen LogP contribution in [0.5, 0.6) is 11.5 Å². The number of amides is 1. The average Bonchev–Trinajstić information content (AvgIpc) is 3.12. The van der Waals surface area contributed by atoms with Crippen molar-refractivity contribution < 1.29 is 18.8 Å². The lowest BCUT2D eigenvalue weighted by Gasteiger charge is -2.03. The third-order valence-corrected chi connectivity index (χ3v) is 3.97. The fraction of sp³-hybridized carbons (Fsp3) is 0.214. The van der Waals surface area contributed by atoms with E-state index in [0.717, 1.165) is 4.70 Å². The number of anilines is 1. The summed E-state index contributed by atoms with van der Waals surface area (Å²) in [6.45, 7) is 1.74. The summed E-state index contributed by atoms with van der Waals surface area (Å²) >= 11 is 1.30. The summed E-state index contributed by atoms with van der Waals surface area (Å²) < 4.78 is 16.3. The molecule has 0 saturated carbocycles. The van der Waals surface area contributed by atoms with Crippen LogP contribution in [0.3, 0.4) is 0 Å². The molecule has 2 heterocycles. The van der Waals surface area contributed by atoms with Gasteiger partial charge in [0.15, 0.2) is 5.13 Å². The maximum Gasteiger partial charge on any atom is 0.296 e. The summed E-state index contributed by atoms with van der Waals surface area (Å²) in [5.74, 6) is 1.01. The van der Waals surface area contributed by atoms with Gasteiger partial charge in [0.05, 0.1) is 19.9 Å². The highest BCUT2D eigenvalue weighted by molar-refractivity contribution is 7.22. The topological polar surface area (TPSA) is 86.5 Å². The minimum Gasteiger partial charge on any atom is -0.495 e. The lowest BCUT2D eigenvalue weighted by molar-refractivity contribution is 0.0988. The summed E-state index contributed by atoms with van der Waals surface area (Å²) in [5, 5.41) is 6.80. The largest absolute Gasteiger partial charge is 0.495 e. The molecule has 7 nitrogen and oxygen atoms in total. The van der Waals surface area contributed by atoms with Gasteiger partial charge in [-0.2, -0.15) is 0 Å². The Kier molecular flexibility index (Phi) is 3.68. The lowest BCUT2D eigenvalue weighted by Crippen LogP contribution is -2.10. The van der Waals surface area contributed by atoms with E-state index in [2.05, 4.69) is 15.5 Å². The van der Waals surface area contributed by atoms with Gasteiger partial charge in [-0.05, 0) is 19.1 Å². The molecule has 114 valence electrons. The molecule has 1 amide bonds. The number of hydrogen-bond acceptors (Lipinski definition) is 7. The van der Waals surface area contributed by atoms with Crippen molar-refractivity contribution in [2.75, 3.05) is 19.5 Å². The van der Waals surface area contributed by atoms with Gasteiger partial charge in [-0.25, -0.2) is 4.98 Å². The van der Waals surface area contributed by atoms with Crippen LogP contribution in [0.2, 0.25) is 0 Å². The summed E-state index contributed by atoms with van der Waals surface area (Å²) in [5.41, 5.74) is 1.27. The van der Waals surface area contributed by atoms with Crippen LogP contribution in [0.15, 0.2) is 22.7 Å². The monoisotopic (exact) mass is 319 g/mol. The second-order valence-corrected chi connectivity index (χ2v) is 5.45. The third-order valence-electron chi connectivity index (χ3n) is 2.98. The molecular weight excluding hydrogens is 306 g/mol. The SMILES string of the molecule is COc1ccc(OC)c2sc(NC(=O)c3cc(C)no3)nc12. The van der Waals surface area contributed by atoms with Crippen LogP contribution < -0.4 is 14.8 Å². The number of carbonyl (C=O) groups excluding carboxylic acids is 1. The number of fused-ring (bicyclic) bond motifs is 1. The van der Waals surface area contributed by atoms with Gasteiger partial charge in [0.2, 0.25) is 5.76 Å². The number of thiazole rings is 1. The van der Waals surface area contributed by atoms with Crippen LogP contribution in [0.1, 0.15) is 16.2 Å². The Labute approximate surface area is 129 Å². The van der Waals surface area contributed by atoms with Crippen molar-refractivity contribution in [3.05, 3.63) is 29.7 Å². The van der Waals surface area contributed by atoms with E-state index in [1.807, 2.05) is 0 Å². The molecule has 2 aromatic heterocycles. The van der Waals surface area contributed by atoms with Gasteiger partial charge in [-0.15, -0.1) is 0 Å². The number of aromatic nitrogens is 2. The molecule has 1 N–H and O–H groups in total. The predicted octanol–water partition coefficient (Wildman–Crippen LogP) is 2.86. The first-order valence-electron chi connectivity index (χ1n) is 6.38. The normalized spacial score (nSPS) is 10.7. The number of hydrogen-bond donors (Lipinski definition) is 1. The van der Waals surface area contributed by atoms with E-state index in [9.17, 15) is 4.79 Å². The van der Waals surface area contributed by atoms with Gasteiger partial charge in [-0.3, -0.25) is 10.1 Å². The van der Waals surface area contributed by atoms with Crippen LogP contribution in [0.4, 0.5) is 5.13 Å². The van der Waals surface area contributed by atoms with Crippen LogP contribution in [0, 0.1) is 6.92 Å². The number of aryl methyl sites for hydroxylation is 1. The Morgan fingerprint density at radius 2 is 2.00 bits per heavy atom. The highest BCUT2D eigenvalue weighted by atomic mass is 32.1. The fourth-order valence-corrected chi connectivity index (χ4v) is 2.94. The quantitative estimate of drug-likeness (QED) is 0.795. The summed E-state index contributed by atoms with van der Waals surface area (Å²) in [6, 6.07) is 5.13. The molecule has 3 aromatic rings. The zero-order valence-corrected chi connectivity index (χ0v) is 13.0. The molecule has 1 aromatic carbocycles. The zero-order chi connectivity index (χ0) is 15.7. The molecule has 0 bridgehead atoms. The zero-order valence-electron chi connectivity index (χ0n) is 12.2. The molecule has 0 aliphatic carbocycles. The van der Waals surface area contributed by atoms with E-state index < -0.39 is 5.91 Å². The van der Waals surface area contributed by atoms with Crippen molar-refractivity contribution in [3.8, 4) is 11.5 Å². The third kappa shape index (κ3) is 2.48. The van der Waals surface area contributed by atoms with Crippen molar-refractivity contribution in [2.45, 2.75) is 6.92 Å². The van der Waals surface area contributed by atoms with Gasteiger partial charge in [0.1, 0.15) is 21.7 Å². The van der Waals surface area contributed by atoms with Gasteiger partial charge in [-0.1, -0.05) is 16.5 Å². The Bertz CT molecular complexity index is 799. The number of rotatable bonds is 4. The molecule has 0 radical (unpaired) electrons. The second-order valence-electron chi connectivity index (χ2n) is 4.45. The molecule has 0 saturated heterocycles. The van der Waals surface area contributed by atoms with Gasteiger partial charge in [0, 0.05) is 6.07 Å². The average molecular weight is 319 g/mol. The van der Waals surface area contributed by atoms with E-state index >= 15 is 0 Å². The van der Waals surface area contributed by atoms with Crippen molar-refractivity contribution in [2.24, 2.45) is 0 Å². The minimum absolute atomic E-state index is 0.135. The van der Waals surface area contributed by atoms with Crippen molar-refractivity contribution in [3.63, 3.8) is 0 Å². The number of carbonyl (C=O) groups is 1. The Hall–Kier alpha value is -2.61. The highest BCUT2D eigenvalue weighted by Gasteiger charge is 2.17. The molecule has 0 spiro atoms. The van der Waals surface area contributed by atoms with E-state index in [-0.39, 0.29) is 5.76 Å². The molecule has 0 atom stereocenters. The Morgan fingerprint density at radius 3 is 2.64 bits per heavy atom. The standard InChI is InChI=1S/C14H13N3O4S/c1-7-6-10(21-17-7)13(18)16-14-15-11-8(19-2)4-5-9(20-3)12(11)22-14/h4-6H,1-3H3,(H,15,16,18). The second kappa shape index (κ2) is 5.64. The summed E-state index contributed by atoms with van der Waals surface area (Å²) in [4.78, 5) is 16.5. The first-order valence-corrected chi connectivity index (χ1v) is 7.20. The van der Waals surface area contributed by atoms with Gasteiger partial charge >= 0.3 is 0 Å². The van der Waals surface area contributed by atoms with Crippen molar-refractivity contribution >= 4 is 32.6 Å². The maximum absolute atomic E-state index is 12.1. The lowest BCUT2D eigenvalue weighted by atomic mass is 10.3. The predicted molar refractivity (Wildman–Crippen MR) is 81.9 cm³/mol. The first kappa shape index (κ1) is 14.3. The number of nitrogens with one attached hydrogen (secondary N) is 1. The van der Waals surface area contributed by atoms with Crippen LogP contribution in [-0.2, 0) is 0 Å². The van der Waals surface area contributed by atoms with Crippen LogP contribution in [-0.4, -0.2) is 30.3 Å². The van der Waals surface area contributed by atoms with Crippen LogP contribution in [0.25, 0.3) is 10.2 Å². The Morgan fingerprint density at radius 1 is 1.27 bits per heavy atom. The van der Waals surface area contributed by atoms with E-state index in [1.54, 1.807) is 39.3 Å². The molecule has 0 fully saturated rings. The van der Waals surface area contributed by atoms with E-state index in [1.165, 1.54) is 11.3 Å². The maximum atomic E-state index is 12.1. The smallest absolute Gasteiger partial charge is 0.296 e. The number of benzene rings is 1. The molecule has 22 heavy (non-hydrogen) atoms. The number of ether oxygens (including phenoxy) is 2. The fourth-order valence-electron chi connectivity index (χ4n) is 1.97. The van der Waals surface area contributed by atoms with Gasteiger partial charge < -0.3 is 14.0 Å². The van der Waals surface area contributed by atoms with E-state index in [0.29, 0.717) is 27.8 Å². The van der Waals surface area contributed by atoms with Crippen molar-refractivity contribution in [1.82, 2.24) is 10.1 Å². The summed E-state index contributed by atoms with van der Waals surface area (Å²) in [7, 11) is 3.15. The van der Waals surface area contributed by atoms with Crippen LogP contribution >= 0.6 is 11.3 Å². The highest BCUT2D eigenvalue weighted by Crippen LogP contribution is 2.38. The molecular formula is C14H13N3O4S. The Balaban J connectivity index is 1.96. The number of nitrogens with zero attached hydrogens (tertiary/aromatic N) is 2. The van der Waals surface area contributed by atoms with E-state index in [4.69, 9.17) is 14.0 Å². The summed E-state index contributed by atoms with van der Waals surface area (Å²) in [6.07, 6.45) is 0. The number of methoxy groups -OCH3 is 2. The molecule has 0 aliphatic heterocycles.